The van der Waals surface area contributed by atoms with Crippen LogP contribution in [0.4, 0.5) is 0 Å². The van der Waals surface area contributed by atoms with Crippen LogP contribution in [-0.4, -0.2) is 96.7 Å². The van der Waals surface area contributed by atoms with Crippen LogP contribution >= 0.6 is 15.6 Å². The molecule has 3 N–H and O–H groups in total. The van der Waals surface area contributed by atoms with Crippen LogP contribution in [0.15, 0.2) is 0 Å². The highest BCUT2D eigenvalue weighted by molar-refractivity contribution is 7.47. The Balaban J connectivity index is 5.22. The molecule has 0 aromatic rings. The number of hydrogen-bond donors (Lipinski definition) is 3. The standard InChI is InChI=1S/C84H164O17P2/c1-7-10-12-14-16-18-20-22-24-25-26-27-28-29-30-31-37-41-45-49-57-63-69-83(88)100-79(72-94-81(86)66-60-54-47-43-39-36-33-32-34-38-42-46-52-58-64-76(4)5)74-98-102(90,91)96-70-78(85)71-97-103(92,93)99-75-80(73-95-82(87)67-61-55-51-50-53-59-65-77(6)9-3)101-84(89)68-62-56-48-44-40-35-23-21-19-17-15-13-11-8-2/h76-80,85H,7-75H2,1-6H3,(H,90,91)(H,92,93)/t77?,78-,79-,80-/m1/s1. The molecule has 0 aromatic carbocycles. The highest BCUT2D eigenvalue weighted by Gasteiger charge is 2.30. The number of carbonyl (C=O) groups excluding carboxylic acids is 4. The van der Waals surface area contributed by atoms with Crippen LogP contribution < -0.4 is 0 Å². The van der Waals surface area contributed by atoms with E-state index < -0.39 is 97.5 Å². The number of unbranched alkanes of at least 4 members (excludes halogenated alkanes) is 52. The van der Waals surface area contributed by atoms with E-state index in [0.717, 1.165) is 108 Å². The lowest BCUT2D eigenvalue weighted by Crippen LogP contribution is -2.30. The summed E-state index contributed by atoms with van der Waals surface area (Å²) in [5.74, 6) is -0.576. The fourth-order valence-electron chi connectivity index (χ4n) is 13.0. The van der Waals surface area contributed by atoms with E-state index in [-0.39, 0.29) is 25.7 Å². The molecule has 0 bridgehead atoms. The van der Waals surface area contributed by atoms with Crippen LogP contribution in [-0.2, 0) is 65.4 Å². The van der Waals surface area contributed by atoms with Gasteiger partial charge in [-0.05, 0) is 37.5 Å². The van der Waals surface area contributed by atoms with Gasteiger partial charge in [0.05, 0.1) is 26.4 Å². The summed E-state index contributed by atoms with van der Waals surface area (Å²) in [4.78, 5) is 73.1. The Morgan fingerprint density at radius 3 is 0.738 bits per heavy atom. The summed E-state index contributed by atoms with van der Waals surface area (Å²) in [7, 11) is -9.92. The third-order valence-electron chi connectivity index (χ3n) is 20.1. The number of rotatable bonds is 83. The molecule has 0 rings (SSSR count). The highest BCUT2D eigenvalue weighted by Crippen LogP contribution is 2.45. The van der Waals surface area contributed by atoms with Gasteiger partial charge >= 0.3 is 39.5 Å². The van der Waals surface area contributed by atoms with Gasteiger partial charge < -0.3 is 33.8 Å². The van der Waals surface area contributed by atoms with Crippen molar-refractivity contribution in [2.45, 2.75) is 464 Å². The second-order valence-electron chi connectivity index (χ2n) is 30.9. The number of hydrogen-bond acceptors (Lipinski definition) is 15. The van der Waals surface area contributed by atoms with E-state index in [0.29, 0.717) is 25.7 Å². The predicted octanol–water partition coefficient (Wildman–Crippen LogP) is 25.5. The lowest BCUT2D eigenvalue weighted by atomic mass is 10.00. The van der Waals surface area contributed by atoms with E-state index >= 15 is 0 Å². The molecule has 6 atom stereocenters. The molecule has 103 heavy (non-hydrogen) atoms. The van der Waals surface area contributed by atoms with Crippen molar-refractivity contribution in [3.05, 3.63) is 0 Å². The number of esters is 4. The van der Waals surface area contributed by atoms with E-state index in [1.807, 2.05) is 0 Å². The molecule has 0 saturated heterocycles. The number of phosphoric ester groups is 2. The van der Waals surface area contributed by atoms with Gasteiger partial charge in [-0.15, -0.1) is 0 Å². The average Bonchev–Trinajstić information content (AvgIpc) is 0.922. The molecule has 0 spiro atoms. The van der Waals surface area contributed by atoms with Gasteiger partial charge in [-0.25, -0.2) is 9.13 Å². The Morgan fingerprint density at radius 1 is 0.282 bits per heavy atom. The zero-order chi connectivity index (χ0) is 75.6. The molecule has 3 unspecified atom stereocenters. The molecule has 0 aliphatic carbocycles. The Labute approximate surface area is 632 Å². The Bertz CT molecular complexity index is 1980. The zero-order valence-electron chi connectivity index (χ0n) is 67.6. The zero-order valence-corrected chi connectivity index (χ0v) is 69.4. The summed E-state index contributed by atoms with van der Waals surface area (Å²) >= 11 is 0. The molecule has 0 amide bonds. The van der Waals surface area contributed by atoms with Crippen molar-refractivity contribution in [1.29, 1.82) is 0 Å². The molecular weight excluding hydrogens is 1340 g/mol. The van der Waals surface area contributed by atoms with Crippen LogP contribution in [0.3, 0.4) is 0 Å². The molecule has 0 saturated carbocycles. The summed E-state index contributed by atoms with van der Waals surface area (Å²) < 4.78 is 68.8. The number of carbonyl (C=O) groups is 4. The van der Waals surface area contributed by atoms with Crippen molar-refractivity contribution >= 4 is 39.5 Å². The maximum absolute atomic E-state index is 13.1. The van der Waals surface area contributed by atoms with Gasteiger partial charge in [-0.3, -0.25) is 37.3 Å². The largest absolute Gasteiger partial charge is 0.472 e. The fourth-order valence-corrected chi connectivity index (χ4v) is 14.6. The van der Waals surface area contributed by atoms with Gasteiger partial charge in [0.15, 0.2) is 12.2 Å². The van der Waals surface area contributed by atoms with Crippen molar-refractivity contribution in [3.8, 4) is 0 Å². The molecule has 17 nitrogen and oxygen atoms in total. The number of aliphatic hydroxyl groups excluding tert-OH is 1. The molecular formula is C84H164O17P2. The number of aliphatic hydroxyl groups is 1. The summed E-state index contributed by atoms with van der Waals surface area (Å²) in [6.07, 6.45) is 66.7. The lowest BCUT2D eigenvalue weighted by Gasteiger charge is -2.21. The molecule has 0 aromatic heterocycles. The molecule has 612 valence electrons. The first kappa shape index (κ1) is 101. The molecule has 0 radical (unpaired) electrons. The SMILES string of the molecule is CCCCCCCCCCCCCCCCCCCCCCCCC(=O)O[C@H](COC(=O)CCCCCCCCCCCCCCCCC(C)C)COP(=O)(O)OC[C@@H](O)COP(=O)(O)OC[C@@H](COC(=O)CCCCCCCCC(C)CC)OC(=O)CCCCCCCCCCCCCCCC. The first-order chi connectivity index (χ1) is 49.9. The number of phosphoric acid groups is 2. The summed E-state index contributed by atoms with van der Waals surface area (Å²) in [5, 5.41) is 10.7. The van der Waals surface area contributed by atoms with E-state index in [9.17, 15) is 43.2 Å². The molecule has 0 aliphatic heterocycles. The quantitative estimate of drug-likeness (QED) is 0.0222. The van der Waals surface area contributed by atoms with Gasteiger partial charge in [0, 0.05) is 25.7 Å². The van der Waals surface area contributed by atoms with Crippen LogP contribution in [0.2, 0.25) is 0 Å². The van der Waals surface area contributed by atoms with Crippen molar-refractivity contribution in [2.24, 2.45) is 11.8 Å². The Hall–Kier alpha value is -1.94. The second kappa shape index (κ2) is 75.5. The molecule has 19 heteroatoms. The van der Waals surface area contributed by atoms with Gasteiger partial charge in [-0.2, -0.15) is 0 Å². The maximum Gasteiger partial charge on any atom is 0.472 e. The summed E-state index contributed by atoms with van der Waals surface area (Å²) in [5.41, 5.74) is 0. The van der Waals surface area contributed by atoms with E-state index in [4.69, 9.17) is 37.0 Å². The van der Waals surface area contributed by atoms with Gasteiger partial charge in [0.2, 0.25) is 0 Å². The van der Waals surface area contributed by atoms with Crippen LogP contribution in [0.5, 0.6) is 0 Å². The Morgan fingerprint density at radius 2 is 0.495 bits per heavy atom. The first-order valence-electron chi connectivity index (χ1n) is 43.5. The van der Waals surface area contributed by atoms with Crippen LogP contribution in [0.1, 0.15) is 446 Å². The van der Waals surface area contributed by atoms with Gasteiger partial charge in [-0.1, -0.05) is 395 Å². The summed E-state index contributed by atoms with van der Waals surface area (Å²) in [6.45, 7) is 9.64. The van der Waals surface area contributed by atoms with E-state index in [2.05, 4.69) is 41.5 Å². The molecule has 0 fully saturated rings. The fraction of sp³-hybridized carbons (Fsp3) is 0.952. The normalized spacial score (nSPS) is 14.1. The third-order valence-corrected chi connectivity index (χ3v) is 22.0. The summed E-state index contributed by atoms with van der Waals surface area (Å²) in [6, 6.07) is 0. The smallest absolute Gasteiger partial charge is 0.462 e. The van der Waals surface area contributed by atoms with Gasteiger partial charge in [0.1, 0.15) is 19.3 Å². The first-order valence-corrected chi connectivity index (χ1v) is 46.5. The number of ether oxygens (including phenoxy) is 4. The lowest BCUT2D eigenvalue weighted by molar-refractivity contribution is -0.161. The Kier molecular flexibility index (Phi) is 74.1. The van der Waals surface area contributed by atoms with Crippen LogP contribution in [0, 0.1) is 11.8 Å². The van der Waals surface area contributed by atoms with E-state index in [1.54, 1.807) is 0 Å². The van der Waals surface area contributed by atoms with Gasteiger partial charge in [0.25, 0.3) is 0 Å². The van der Waals surface area contributed by atoms with Crippen LogP contribution in [0.25, 0.3) is 0 Å². The minimum atomic E-state index is -4.96. The monoisotopic (exact) mass is 1510 g/mol. The average molecular weight is 1510 g/mol. The maximum atomic E-state index is 13.1. The van der Waals surface area contributed by atoms with Crippen molar-refractivity contribution in [2.75, 3.05) is 39.6 Å². The highest BCUT2D eigenvalue weighted by atomic mass is 31.2. The minimum absolute atomic E-state index is 0.107. The molecule has 0 heterocycles. The van der Waals surface area contributed by atoms with Crippen molar-refractivity contribution in [3.63, 3.8) is 0 Å². The second-order valence-corrected chi connectivity index (χ2v) is 33.8. The van der Waals surface area contributed by atoms with Crippen molar-refractivity contribution in [1.82, 2.24) is 0 Å². The predicted molar refractivity (Wildman–Crippen MR) is 423 cm³/mol. The topological polar surface area (TPSA) is 237 Å². The molecule has 0 aliphatic rings. The van der Waals surface area contributed by atoms with Crippen molar-refractivity contribution < 1.29 is 80.2 Å². The third kappa shape index (κ3) is 76.6. The minimum Gasteiger partial charge on any atom is -0.462 e. The van der Waals surface area contributed by atoms with E-state index in [1.165, 1.54) is 257 Å².